The Labute approximate surface area is 138 Å². The van der Waals surface area contributed by atoms with E-state index in [-0.39, 0.29) is 0 Å². The smallest absolute Gasteiger partial charge is 0.181 e. The summed E-state index contributed by atoms with van der Waals surface area (Å²) in [5.41, 5.74) is 3.30. The Morgan fingerprint density at radius 3 is 2.50 bits per heavy atom. The minimum Gasteiger partial charge on any atom is -0.262 e. The Kier molecular flexibility index (Phi) is 3.81. The lowest BCUT2D eigenvalue weighted by Gasteiger charge is -2.01. The van der Waals surface area contributed by atoms with E-state index in [1.807, 2.05) is 42.5 Å². The monoisotopic (exact) mass is 317 g/mol. The number of benzene rings is 2. The number of aromatic amines is 1. The highest BCUT2D eigenvalue weighted by molar-refractivity contribution is 5.55. The average Bonchev–Trinajstić information content (AvgIpc) is 3.29. The van der Waals surface area contributed by atoms with Crippen LogP contribution in [0.3, 0.4) is 0 Å². The molecule has 4 rings (SSSR count). The first-order valence-corrected chi connectivity index (χ1v) is 7.62. The third-order valence-corrected chi connectivity index (χ3v) is 3.69. The normalized spacial score (nSPS) is 10.8. The van der Waals surface area contributed by atoms with Gasteiger partial charge in [0.15, 0.2) is 5.82 Å². The maximum Gasteiger partial charge on any atom is 0.181 e. The molecule has 0 spiro atoms. The van der Waals surface area contributed by atoms with Gasteiger partial charge in [-0.1, -0.05) is 54.6 Å². The van der Waals surface area contributed by atoms with Crippen molar-refractivity contribution < 1.29 is 0 Å². The molecule has 0 aliphatic rings. The van der Waals surface area contributed by atoms with Crippen molar-refractivity contribution in [3.05, 3.63) is 77.9 Å². The third-order valence-electron chi connectivity index (χ3n) is 3.69. The van der Waals surface area contributed by atoms with Gasteiger partial charge in [-0.05, 0) is 21.6 Å². The van der Waals surface area contributed by atoms with Crippen molar-refractivity contribution in [2.75, 3.05) is 0 Å². The minimum atomic E-state index is 0.639. The number of tetrazole rings is 1. The fraction of sp³-hybridized carbons (Fsp3) is 0.118. The standard InChI is InChI=1S/C17H15N7/c1-2-4-13(5-3-1)10-16-19-17(21-20-16)15-8-6-14(7-9-15)11-24-12-18-22-23-24/h1-9,12H,10-11H2,(H,19,20,21). The van der Waals surface area contributed by atoms with Gasteiger partial charge in [-0.2, -0.15) is 5.10 Å². The van der Waals surface area contributed by atoms with Crippen LogP contribution in [0, 0.1) is 0 Å². The van der Waals surface area contributed by atoms with Crippen LogP contribution in [-0.4, -0.2) is 35.4 Å². The summed E-state index contributed by atoms with van der Waals surface area (Å²) in [5.74, 6) is 1.56. The van der Waals surface area contributed by atoms with Crippen LogP contribution < -0.4 is 0 Å². The second-order valence-corrected chi connectivity index (χ2v) is 5.47. The van der Waals surface area contributed by atoms with Gasteiger partial charge in [-0.25, -0.2) is 9.67 Å². The molecule has 0 aliphatic heterocycles. The first-order valence-electron chi connectivity index (χ1n) is 7.62. The molecule has 0 atom stereocenters. The Morgan fingerprint density at radius 2 is 1.75 bits per heavy atom. The van der Waals surface area contributed by atoms with E-state index in [1.54, 1.807) is 11.0 Å². The maximum absolute atomic E-state index is 4.58. The van der Waals surface area contributed by atoms with Crippen LogP contribution in [0.25, 0.3) is 11.4 Å². The SMILES string of the molecule is c1ccc(Cc2nc(-c3ccc(Cn4cnnn4)cc3)n[nH]2)cc1. The van der Waals surface area contributed by atoms with Gasteiger partial charge in [0.1, 0.15) is 12.2 Å². The lowest BCUT2D eigenvalue weighted by Crippen LogP contribution is -2.00. The first kappa shape index (κ1) is 14.3. The molecule has 118 valence electrons. The van der Waals surface area contributed by atoms with E-state index in [9.17, 15) is 0 Å². The summed E-state index contributed by atoms with van der Waals surface area (Å²) < 4.78 is 1.68. The fourth-order valence-corrected chi connectivity index (χ4v) is 2.49. The van der Waals surface area contributed by atoms with Crippen molar-refractivity contribution >= 4 is 0 Å². The molecular weight excluding hydrogens is 302 g/mol. The van der Waals surface area contributed by atoms with Crippen LogP contribution in [-0.2, 0) is 13.0 Å². The Balaban J connectivity index is 1.48. The molecule has 4 aromatic rings. The second kappa shape index (κ2) is 6.41. The van der Waals surface area contributed by atoms with Crippen LogP contribution >= 0.6 is 0 Å². The molecular formula is C17H15N7. The minimum absolute atomic E-state index is 0.639. The highest BCUT2D eigenvalue weighted by Crippen LogP contribution is 2.17. The molecule has 0 saturated carbocycles. The number of H-pyrrole nitrogens is 1. The molecule has 0 unspecified atom stereocenters. The molecule has 0 bridgehead atoms. The third kappa shape index (κ3) is 3.19. The van der Waals surface area contributed by atoms with Gasteiger partial charge in [0, 0.05) is 12.0 Å². The highest BCUT2D eigenvalue weighted by atomic mass is 15.5. The molecule has 2 aromatic heterocycles. The predicted molar refractivity (Wildman–Crippen MR) is 88.0 cm³/mol. The number of hydrogen-bond donors (Lipinski definition) is 1. The van der Waals surface area contributed by atoms with Crippen LogP contribution in [0.1, 0.15) is 17.0 Å². The molecule has 0 amide bonds. The van der Waals surface area contributed by atoms with Gasteiger partial charge in [0.2, 0.25) is 0 Å². The average molecular weight is 317 g/mol. The van der Waals surface area contributed by atoms with Crippen LogP contribution in [0.15, 0.2) is 60.9 Å². The van der Waals surface area contributed by atoms with E-state index in [0.29, 0.717) is 12.4 Å². The fourth-order valence-electron chi connectivity index (χ4n) is 2.49. The molecule has 7 nitrogen and oxygen atoms in total. The van der Waals surface area contributed by atoms with Gasteiger partial charge < -0.3 is 0 Å². The number of nitrogens with zero attached hydrogens (tertiary/aromatic N) is 6. The van der Waals surface area contributed by atoms with Crippen LogP contribution in [0.4, 0.5) is 0 Å². The van der Waals surface area contributed by atoms with Gasteiger partial charge in [0.25, 0.3) is 0 Å². The summed E-state index contributed by atoms with van der Waals surface area (Å²) in [4.78, 5) is 4.58. The Hall–Kier alpha value is -3.35. The molecule has 2 aromatic carbocycles. The number of nitrogens with one attached hydrogen (secondary N) is 1. The predicted octanol–water partition coefficient (Wildman–Crippen LogP) is 2.10. The van der Waals surface area contributed by atoms with E-state index in [2.05, 4.69) is 42.8 Å². The Bertz CT molecular complexity index is 896. The largest absolute Gasteiger partial charge is 0.262 e. The van der Waals surface area contributed by atoms with E-state index in [4.69, 9.17) is 0 Å². The molecule has 7 heteroatoms. The van der Waals surface area contributed by atoms with Crippen molar-refractivity contribution in [2.45, 2.75) is 13.0 Å². The van der Waals surface area contributed by atoms with E-state index >= 15 is 0 Å². The summed E-state index contributed by atoms with van der Waals surface area (Å²) in [6.07, 6.45) is 2.34. The first-order chi connectivity index (χ1) is 11.9. The molecule has 0 saturated heterocycles. The van der Waals surface area contributed by atoms with Crippen molar-refractivity contribution in [2.24, 2.45) is 0 Å². The summed E-state index contributed by atoms with van der Waals surface area (Å²) in [7, 11) is 0. The summed E-state index contributed by atoms with van der Waals surface area (Å²) >= 11 is 0. The van der Waals surface area contributed by atoms with E-state index in [0.717, 1.165) is 23.4 Å². The quantitative estimate of drug-likeness (QED) is 0.609. The van der Waals surface area contributed by atoms with E-state index < -0.39 is 0 Å². The van der Waals surface area contributed by atoms with Gasteiger partial charge in [-0.15, -0.1) is 5.10 Å². The maximum atomic E-state index is 4.58. The second-order valence-electron chi connectivity index (χ2n) is 5.47. The van der Waals surface area contributed by atoms with Gasteiger partial charge >= 0.3 is 0 Å². The summed E-state index contributed by atoms with van der Waals surface area (Å²) in [6, 6.07) is 18.3. The van der Waals surface area contributed by atoms with Gasteiger partial charge in [-0.3, -0.25) is 5.10 Å². The van der Waals surface area contributed by atoms with Crippen LogP contribution in [0.2, 0.25) is 0 Å². The molecule has 1 N–H and O–H groups in total. The molecule has 0 aliphatic carbocycles. The number of hydrogen-bond acceptors (Lipinski definition) is 5. The van der Waals surface area contributed by atoms with Crippen molar-refractivity contribution in [3.63, 3.8) is 0 Å². The zero-order valence-electron chi connectivity index (χ0n) is 12.9. The lowest BCUT2D eigenvalue weighted by atomic mass is 10.1. The zero-order chi connectivity index (χ0) is 16.2. The topological polar surface area (TPSA) is 85.2 Å². The highest BCUT2D eigenvalue weighted by Gasteiger charge is 2.07. The van der Waals surface area contributed by atoms with Crippen molar-refractivity contribution in [1.82, 2.24) is 35.4 Å². The number of aromatic nitrogens is 7. The Morgan fingerprint density at radius 1 is 0.917 bits per heavy atom. The van der Waals surface area contributed by atoms with Crippen molar-refractivity contribution in [1.29, 1.82) is 0 Å². The molecule has 0 fully saturated rings. The van der Waals surface area contributed by atoms with Gasteiger partial charge in [0.05, 0.1) is 6.54 Å². The summed E-state index contributed by atoms with van der Waals surface area (Å²) in [5, 5.41) is 18.4. The van der Waals surface area contributed by atoms with Crippen LogP contribution in [0.5, 0.6) is 0 Å². The number of rotatable bonds is 5. The molecule has 2 heterocycles. The summed E-state index contributed by atoms with van der Waals surface area (Å²) in [6.45, 7) is 0.639. The van der Waals surface area contributed by atoms with E-state index in [1.165, 1.54) is 5.56 Å². The molecule has 24 heavy (non-hydrogen) atoms. The zero-order valence-corrected chi connectivity index (χ0v) is 12.9. The molecule has 0 radical (unpaired) electrons. The van der Waals surface area contributed by atoms with Crippen molar-refractivity contribution in [3.8, 4) is 11.4 Å². The lowest BCUT2D eigenvalue weighted by molar-refractivity contribution is 0.648.